The summed E-state index contributed by atoms with van der Waals surface area (Å²) in [4.78, 5) is 12.1. The molecular weight excluding hydrogens is 408 g/mol. The van der Waals surface area contributed by atoms with Gasteiger partial charge in [-0.25, -0.2) is 4.79 Å². The third-order valence-corrected chi connectivity index (χ3v) is 5.33. The van der Waals surface area contributed by atoms with Crippen LogP contribution in [0, 0.1) is 6.92 Å². The first-order valence-corrected chi connectivity index (χ1v) is 10.5. The van der Waals surface area contributed by atoms with E-state index in [-0.39, 0.29) is 12.8 Å². The Morgan fingerprint density at radius 1 is 0.969 bits per heavy atom. The summed E-state index contributed by atoms with van der Waals surface area (Å²) in [5.41, 5.74) is 3.70. The third kappa shape index (κ3) is 5.14. The van der Waals surface area contributed by atoms with Gasteiger partial charge in [0.05, 0.1) is 19.3 Å². The van der Waals surface area contributed by atoms with Gasteiger partial charge < -0.3 is 23.7 Å². The Kier molecular flexibility index (Phi) is 6.80. The van der Waals surface area contributed by atoms with Crippen LogP contribution in [0.1, 0.15) is 33.5 Å². The molecule has 0 aromatic heterocycles. The van der Waals surface area contributed by atoms with Crippen LogP contribution in [-0.4, -0.2) is 26.5 Å². The zero-order chi connectivity index (χ0) is 22.3. The molecule has 6 heteroatoms. The number of benzene rings is 3. The van der Waals surface area contributed by atoms with Crippen molar-refractivity contribution in [2.75, 3.05) is 20.5 Å². The first-order chi connectivity index (χ1) is 15.6. The summed E-state index contributed by atoms with van der Waals surface area (Å²) in [7, 11) is 1.65. The molecule has 3 aromatic carbocycles. The van der Waals surface area contributed by atoms with Gasteiger partial charge in [-0.2, -0.15) is 0 Å². The number of aryl methyl sites for hydroxylation is 2. The summed E-state index contributed by atoms with van der Waals surface area (Å²) in [5, 5.41) is 0. The van der Waals surface area contributed by atoms with E-state index >= 15 is 0 Å². The Labute approximate surface area is 187 Å². The number of esters is 1. The van der Waals surface area contributed by atoms with Crippen molar-refractivity contribution in [1.82, 2.24) is 0 Å². The summed E-state index contributed by atoms with van der Waals surface area (Å²) >= 11 is 0. The van der Waals surface area contributed by atoms with Gasteiger partial charge in [0, 0.05) is 6.07 Å². The van der Waals surface area contributed by atoms with E-state index in [1.807, 2.05) is 55.5 Å². The number of hydrogen-bond donors (Lipinski definition) is 0. The molecule has 0 aliphatic carbocycles. The maximum atomic E-state index is 12.1. The largest absolute Gasteiger partial charge is 0.497 e. The molecular formula is C26H26O6. The second-order valence-corrected chi connectivity index (χ2v) is 7.50. The van der Waals surface area contributed by atoms with Crippen molar-refractivity contribution in [2.24, 2.45) is 0 Å². The van der Waals surface area contributed by atoms with Crippen LogP contribution in [0.2, 0.25) is 0 Å². The molecule has 166 valence electrons. The number of carbonyl (C=O) groups is 1. The highest BCUT2D eigenvalue weighted by Crippen LogP contribution is 2.39. The fourth-order valence-electron chi connectivity index (χ4n) is 3.47. The molecule has 3 aromatic rings. The molecule has 6 nitrogen and oxygen atoms in total. The van der Waals surface area contributed by atoms with Crippen molar-refractivity contribution in [3.8, 4) is 23.0 Å². The molecule has 0 amide bonds. The lowest BCUT2D eigenvalue weighted by atomic mass is 10.1. The minimum Gasteiger partial charge on any atom is -0.497 e. The van der Waals surface area contributed by atoms with Crippen LogP contribution < -0.4 is 18.9 Å². The van der Waals surface area contributed by atoms with Crippen molar-refractivity contribution in [1.29, 1.82) is 0 Å². The Morgan fingerprint density at radius 2 is 1.75 bits per heavy atom. The van der Waals surface area contributed by atoms with Gasteiger partial charge in [0.2, 0.25) is 6.79 Å². The molecule has 1 aliphatic rings. The Morgan fingerprint density at radius 3 is 2.53 bits per heavy atom. The predicted octanol–water partition coefficient (Wildman–Crippen LogP) is 5.10. The highest BCUT2D eigenvalue weighted by Gasteiger charge is 2.18. The Bertz CT molecular complexity index is 1080. The number of hydrogen-bond acceptors (Lipinski definition) is 6. The molecule has 32 heavy (non-hydrogen) atoms. The fraction of sp³-hybridized carbons (Fsp3) is 0.269. The molecule has 0 unspecified atom stereocenters. The van der Waals surface area contributed by atoms with E-state index in [1.54, 1.807) is 19.2 Å². The monoisotopic (exact) mass is 434 g/mol. The predicted molar refractivity (Wildman–Crippen MR) is 120 cm³/mol. The van der Waals surface area contributed by atoms with E-state index in [4.69, 9.17) is 23.7 Å². The fourth-order valence-corrected chi connectivity index (χ4v) is 3.47. The average Bonchev–Trinajstić information content (AvgIpc) is 3.28. The first kappa shape index (κ1) is 21.6. The highest BCUT2D eigenvalue weighted by atomic mass is 16.7. The van der Waals surface area contributed by atoms with E-state index < -0.39 is 0 Å². The number of fused-ring (bicyclic) bond motifs is 1. The zero-order valence-electron chi connectivity index (χ0n) is 18.3. The van der Waals surface area contributed by atoms with Gasteiger partial charge in [0.25, 0.3) is 0 Å². The average molecular weight is 434 g/mol. The van der Waals surface area contributed by atoms with E-state index in [9.17, 15) is 4.79 Å². The molecule has 0 atom stereocenters. The number of ether oxygens (including phenoxy) is 5. The molecule has 0 N–H and O–H groups in total. The normalized spacial score (nSPS) is 11.8. The lowest BCUT2D eigenvalue weighted by Gasteiger charge is -2.15. The third-order valence-electron chi connectivity index (χ3n) is 5.33. The second kappa shape index (κ2) is 10.1. The van der Waals surface area contributed by atoms with E-state index in [2.05, 4.69) is 0 Å². The van der Waals surface area contributed by atoms with Crippen LogP contribution >= 0.6 is 0 Å². The van der Waals surface area contributed by atoms with Gasteiger partial charge in [-0.1, -0.05) is 24.3 Å². The SMILES string of the molecule is COc1ccc(C)c(COc2cc3c(cc2CCCOC(=O)c2ccccc2)OCO3)c1. The van der Waals surface area contributed by atoms with Crippen molar-refractivity contribution in [2.45, 2.75) is 26.4 Å². The lowest BCUT2D eigenvalue weighted by molar-refractivity contribution is 0.0500. The van der Waals surface area contributed by atoms with Gasteiger partial charge in [-0.3, -0.25) is 0 Å². The van der Waals surface area contributed by atoms with E-state index in [1.165, 1.54) is 0 Å². The van der Waals surface area contributed by atoms with Crippen LogP contribution in [0.3, 0.4) is 0 Å². The van der Waals surface area contributed by atoms with Gasteiger partial charge in [0.15, 0.2) is 11.5 Å². The number of carbonyl (C=O) groups excluding carboxylic acids is 1. The maximum absolute atomic E-state index is 12.1. The smallest absolute Gasteiger partial charge is 0.338 e. The molecule has 0 bridgehead atoms. The topological polar surface area (TPSA) is 63.2 Å². The number of rotatable bonds is 9. The van der Waals surface area contributed by atoms with Crippen LogP contribution in [0.4, 0.5) is 0 Å². The molecule has 0 saturated carbocycles. The molecule has 0 radical (unpaired) electrons. The minimum absolute atomic E-state index is 0.196. The van der Waals surface area contributed by atoms with Crippen molar-refractivity contribution >= 4 is 5.97 Å². The van der Waals surface area contributed by atoms with Crippen molar-refractivity contribution in [3.05, 3.63) is 82.9 Å². The zero-order valence-corrected chi connectivity index (χ0v) is 18.3. The molecule has 1 heterocycles. The highest BCUT2D eigenvalue weighted by molar-refractivity contribution is 5.89. The Hall–Kier alpha value is -3.67. The van der Waals surface area contributed by atoms with Crippen molar-refractivity contribution < 1.29 is 28.5 Å². The maximum Gasteiger partial charge on any atom is 0.338 e. The van der Waals surface area contributed by atoms with E-state index in [0.717, 1.165) is 28.2 Å². The van der Waals surface area contributed by atoms with Gasteiger partial charge >= 0.3 is 5.97 Å². The summed E-state index contributed by atoms with van der Waals surface area (Å²) in [6, 6.07) is 18.7. The molecule has 0 saturated heterocycles. The molecule has 0 fully saturated rings. The Balaban J connectivity index is 1.41. The van der Waals surface area contributed by atoms with Gasteiger partial charge in [-0.05, 0) is 66.8 Å². The van der Waals surface area contributed by atoms with Crippen LogP contribution in [0.15, 0.2) is 60.7 Å². The standard InChI is InChI=1S/C26H26O6/c1-18-10-11-22(28-2)13-21(18)16-30-23-15-25-24(31-17-32-25)14-20(23)9-6-12-29-26(27)19-7-4-3-5-8-19/h3-5,7-8,10-11,13-15H,6,9,12,16-17H2,1-2H3. The van der Waals surface area contributed by atoms with Crippen LogP contribution in [0.25, 0.3) is 0 Å². The van der Waals surface area contributed by atoms with Gasteiger partial charge in [-0.15, -0.1) is 0 Å². The van der Waals surface area contributed by atoms with Crippen molar-refractivity contribution in [3.63, 3.8) is 0 Å². The minimum atomic E-state index is -0.318. The van der Waals surface area contributed by atoms with Crippen LogP contribution in [0.5, 0.6) is 23.0 Å². The number of methoxy groups -OCH3 is 1. The summed E-state index contributed by atoms with van der Waals surface area (Å²) < 4.78 is 28.0. The van der Waals surface area contributed by atoms with Crippen LogP contribution in [-0.2, 0) is 17.8 Å². The quantitative estimate of drug-likeness (QED) is 0.345. The second-order valence-electron chi connectivity index (χ2n) is 7.50. The van der Waals surface area contributed by atoms with E-state index in [0.29, 0.717) is 43.1 Å². The summed E-state index contributed by atoms with van der Waals surface area (Å²) in [6.07, 6.45) is 1.33. The van der Waals surface area contributed by atoms with Gasteiger partial charge in [0.1, 0.15) is 18.1 Å². The first-order valence-electron chi connectivity index (χ1n) is 10.5. The molecule has 0 spiro atoms. The summed E-state index contributed by atoms with van der Waals surface area (Å²) in [5.74, 6) is 2.57. The molecule has 4 rings (SSSR count). The summed E-state index contributed by atoms with van der Waals surface area (Å²) in [6.45, 7) is 2.96. The molecule has 1 aliphatic heterocycles. The lowest BCUT2D eigenvalue weighted by Crippen LogP contribution is -2.07.